The first-order valence-corrected chi connectivity index (χ1v) is 4.45. The molecule has 0 amide bonds. The van der Waals surface area contributed by atoms with Gasteiger partial charge < -0.3 is 0 Å². The van der Waals surface area contributed by atoms with Gasteiger partial charge in [-0.3, -0.25) is 0 Å². The SMILES string of the molecule is Cl.PCC1CCCCC1. The second-order valence-electron chi connectivity index (χ2n) is 2.74. The zero-order valence-electron chi connectivity index (χ0n) is 5.81. The number of rotatable bonds is 1. The van der Waals surface area contributed by atoms with Crippen LogP contribution in [0.4, 0.5) is 0 Å². The average molecular weight is 167 g/mol. The highest BCUT2D eigenvalue weighted by atomic mass is 35.5. The Labute approximate surface area is 66.4 Å². The third-order valence-electron chi connectivity index (χ3n) is 2.06. The Hall–Kier alpha value is 0.720. The zero-order valence-corrected chi connectivity index (χ0v) is 7.78. The van der Waals surface area contributed by atoms with E-state index in [9.17, 15) is 0 Å². The summed E-state index contributed by atoms with van der Waals surface area (Å²) in [7, 11) is 2.85. The maximum absolute atomic E-state index is 2.85. The molecule has 56 valence electrons. The molecule has 1 saturated carbocycles. The Bertz CT molecular complexity index is 59.9. The molecule has 0 saturated heterocycles. The van der Waals surface area contributed by atoms with Gasteiger partial charge in [-0.2, -0.15) is 0 Å². The first-order chi connectivity index (χ1) is 3.93. The van der Waals surface area contributed by atoms with E-state index in [-0.39, 0.29) is 12.4 Å². The molecular weight excluding hydrogens is 151 g/mol. The van der Waals surface area contributed by atoms with Gasteiger partial charge >= 0.3 is 0 Å². The summed E-state index contributed by atoms with van der Waals surface area (Å²) in [5.74, 6) is 1.05. The zero-order chi connectivity index (χ0) is 5.82. The quantitative estimate of drug-likeness (QED) is 0.526. The molecule has 0 aliphatic heterocycles. The summed E-state index contributed by atoms with van der Waals surface area (Å²) >= 11 is 0. The van der Waals surface area contributed by atoms with Crippen LogP contribution in [0.15, 0.2) is 0 Å². The van der Waals surface area contributed by atoms with Crippen molar-refractivity contribution in [3.8, 4) is 0 Å². The molecule has 0 nitrogen and oxygen atoms in total. The molecule has 1 aliphatic rings. The molecular formula is C7H16ClP. The minimum absolute atomic E-state index is 0. The summed E-state index contributed by atoms with van der Waals surface area (Å²) < 4.78 is 0. The van der Waals surface area contributed by atoms with Gasteiger partial charge in [-0.15, -0.1) is 21.6 Å². The molecule has 0 heterocycles. The standard InChI is InChI=1S/C7H15P.ClH/c8-6-7-4-2-1-3-5-7;/h7H,1-6,8H2;1H. The smallest absolute Gasteiger partial charge is 0.0353 e. The monoisotopic (exact) mass is 166 g/mol. The summed E-state index contributed by atoms with van der Waals surface area (Å²) in [4.78, 5) is 0. The van der Waals surface area contributed by atoms with Crippen molar-refractivity contribution in [3.05, 3.63) is 0 Å². The van der Waals surface area contributed by atoms with E-state index in [1.807, 2.05) is 0 Å². The number of hydrogen-bond donors (Lipinski definition) is 0. The Kier molecular flexibility index (Phi) is 5.94. The highest BCUT2D eigenvalue weighted by Gasteiger charge is 2.09. The molecule has 0 bridgehead atoms. The van der Waals surface area contributed by atoms with Crippen LogP contribution in [0.2, 0.25) is 0 Å². The fourth-order valence-electron chi connectivity index (χ4n) is 1.42. The van der Waals surface area contributed by atoms with Crippen LogP contribution in [0.1, 0.15) is 32.1 Å². The van der Waals surface area contributed by atoms with Crippen LogP contribution in [0.25, 0.3) is 0 Å². The molecule has 0 aromatic rings. The molecule has 1 atom stereocenters. The van der Waals surface area contributed by atoms with E-state index in [1.54, 1.807) is 0 Å². The molecule has 0 aromatic carbocycles. The van der Waals surface area contributed by atoms with Crippen molar-refractivity contribution < 1.29 is 0 Å². The molecule has 1 unspecified atom stereocenters. The average Bonchev–Trinajstić information content (AvgIpc) is 1.90. The maximum Gasteiger partial charge on any atom is -0.0353 e. The van der Waals surface area contributed by atoms with Gasteiger partial charge in [0.05, 0.1) is 0 Å². The van der Waals surface area contributed by atoms with Crippen molar-refractivity contribution in [2.75, 3.05) is 6.16 Å². The van der Waals surface area contributed by atoms with Gasteiger partial charge in [0.25, 0.3) is 0 Å². The van der Waals surface area contributed by atoms with Crippen LogP contribution < -0.4 is 0 Å². The van der Waals surface area contributed by atoms with E-state index >= 15 is 0 Å². The fourth-order valence-corrected chi connectivity index (χ4v) is 1.89. The lowest BCUT2D eigenvalue weighted by molar-refractivity contribution is 0.391. The maximum atomic E-state index is 2.85. The van der Waals surface area contributed by atoms with Crippen LogP contribution in [0.3, 0.4) is 0 Å². The van der Waals surface area contributed by atoms with Crippen LogP contribution in [-0.2, 0) is 0 Å². The number of halogens is 1. The number of hydrogen-bond acceptors (Lipinski definition) is 0. The van der Waals surface area contributed by atoms with Gasteiger partial charge in [-0.25, -0.2) is 0 Å². The molecule has 0 radical (unpaired) electrons. The minimum atomic E-state index is 0. The summed E-state index contributed by atoms with van der Waals surface area (Å²) in [5, 5.41) is 0. The van der Waals surface area contributed by atoms with Crippen molar-refractivity contribution in [3.63, 3.8) is 0 Å². The van der Waals surface area contributed by atoms with Crippen LogP contribution in [0.5, 0.6) is 0 Å². The Morgan fingerprint density at radius 1 is 1.11 bits per heavy atom. The Morgan fingerprint density at radius 3 is 2.00 bits per heavy atom. The summed E-state index contributed by atoms with van der Waals surface area (Å²) in [5.41, 5.74) is 0. The summed E-state index contributed by atoms with van der Waals surface area (Å²) in [6.45, 7) is 0. The van der Waals surface area contributed by atoms with E-state index < -0.39 is 0 Å². The Balaban J connectivity index is 0.000000640. The molecule has 0 N–H and O–H groups in total. The first-order valence-electron chi connectivity index (χ1n) is 3.63. The van der Waals surface area contributed by atoms with Gasteiger partial charge in [0.1, 0.15) is 0 Å². The van der Waals surface area contributed by atoms with Crippen molar-refractivity contribution in [2.24, 2.45) is 5.92 Å². The van der Waals surface area contributed by atoms with Crippen LogP contribution in [-0.4, -0.2) is 6.16 Å². The molecule has 9 heavy (non-hydrogen) atoms. The van der Waals surface area contributed by atoms with Crippen LogP contribution >= 0.6 is 21.6 Å². The second kappa shape index (κ2) is 5.50. The van der Waals surface area contributed by atoms with Gasteiger partial charge in [-0.05, 0) is 12.1 Å². The lowest BCUT2D eigenvalue weighted by Gasteiger charge is -2.18. The molecule has 2 heteroatoms. The van der Waals surface area contributed by atoms with Crippen LogP contribution in [0, 0.1) is 5.92 Å². The summed E-state index contributed by atoms with van der Waals surface area (Å²) in [6.07, 6.45) is 8.77. The predicted molar refractivity (Wildman–Crippen MR) is 48.4 cm³/mol. The van der Waals surface area contributed by atoms with E-state index in [0.29, 0.717) is 0 Å². The molecule has 1 rings (SSSR count). The largest absolute Gasteiger partial charge is 0.147 e. The fraction of sp³-hybridized carbons (Fsp3) is 1.00. The first kappa shape index (κ1) is 9.72. The van der Waals surface area contributed by atoms with Gasteiger partial charge in [0.15, 0.2) is 0 Å². The third-order valence-corrected chi connectivity index (χ3v) is 2.72. The van der Waals surface area contributed by atoms with Crippen molar-refractivity contribution in [1.82, 2.24) is 0 Å². The minimum Gasteiger partial charge on any atom is -0.147 e. The molecule has 0 aromatic heterocycles. The highest BCUT2D eigenvalue weighted by Crippen LogP contribution is 2.24. The van der Waals surface area contributed by atoms with E-state index in [2.05, 4.69) is 9.24 Å². The van der Waals surface area contributed by atoms with E-state index in [4.69, 9.17) is 0 Å². The van der Waals surface area contributed by atoms with E-state index in [1.165, 1.54) is 38.3 Å². The topological polar surface area (TPSA) is 0 Å². The lowest BCUT2D eigenvalue weighted by atomic mass is 9.91. The van der Waals surface area contributed by atoms with Gasteiger partial charge in [0, 0.05) is 0 Å². The third kappa shape index (κ3) is 3.43. The van der Waals surface area contributed by atoms with E-state index in [0.717, 1.165) is 5.92 Å². The van der Waals surface area contributed by atoms with Gasteiger partial charge in [-0.1, -0.05) is 32.1 Å². The molecule has 0 spiro atoms. The predicted octanol–water partition coefficient (Wildman–Crippen LogP) is 2.86. The molecule has 1 fully saturated rings. The molecule has 1 aliphatic carbocycles. The second-order valence-corrected chi connectivity index (χ2v) is 3.21. The summed E-state index contributed by atoms with van der Waals surface area (Å²) in [6, 6.07) is 0. The van der Waals surface area contributed by atoms with Gasteiger partial charge in [0.2, 0.25) is 0 Å². The normalized spacial score (nSPS) is 21.0. The lowest BCUT2D eigenvalue weighted by Crippen LogP contribution is -2.06. The van der Waals surface area contributed by atoms with Crippen molar-refractivity contribution in [2.45, 2.75) is 32.1 Å². The highest BCUT2D eigenvalue weighted by molar-refractivity contribution is 7.16. The van der Waals surface area contributed by atoms with Crippen molar-refractivity contribution >= 4 is 21.6 Å². The van der Waals surface area contributed by atoms with Crippen molar-refractivity contribution in [1.29, 1.82) is 0 Å². The Morgan fingerprint density at radius 2 is 1.67 bits per heavy atom.